The van der Waals surface area contributed by atoms with Gasteiger partial charge in [0.25, 0.3) is 0 Å². The molecular weight excluding hydrogens is 246 g/mol. The lowest BCUT2D eigenvalue weighted by molar-refractivity contribution is 0.178. The van der Waals surface area contributed by atoms with Crippen LogP contribution in [0.25, 0.3) is 11.0 Å². The first-order valence-corrected chi connectivity index (χ1v) is 6.48. The van der Waals surface area contributed by atoms with Gasteiger partial charge in [0.15, 0.2) is 0 Å². The predicted octanol–water partition coefficient (Wildman–Crippen LogP) is 2.36. The molecule has 0 fully saturated rings. The molecule has 2 heterocycles. The average Bonchev–Trinajstić information content (AvgIpc) is 2.91. The zero-order chi connectivity index (χ0) is 12.4. The van der Waals surface area contributed by atoms with E-state index in [1.807, 2.05) is 23.6 Å². The molecule has 3 aromatic rings. The molecule has 18 heavy (non-hydrogen) atoms. The van der Waals surface area contributed by atoms with E-state index in [1.165, 1.54) is 0 Å². The van der Waals surface area contributed by atoms with Crippen molar-refractivity contribution in [2.45, 2.75) is 12.5 Å². The van der Waals surface area contributed by atoms with E-state index in [1.54, 1.807) is 29.9 Å². The van der Waals surface area contributed by atoms with Crippen LogP contribution in [-0.2, 0) is 6.42 Å². The highest BCUT2D eigenvalue weighted by Crippen LogP contribution is 2.21. The summed E-state index contributed by atoms with van der Waals surface area (Å²) >= 11 is 1.55. The Bertz CT molecular complexity index is 654. The summed E-state index contributed by atoms with van der Waals surface area (Å²) in [5.74, 6) is 0. The monoisotopic (exact) mass is 257 g/mol. The first kappa shape index (κ1) is 11.3. The smallest absolute Gasteiger partial charge is 0.0954 e. The largest absolute Gasteiger partial charge is 0.388 e. The highest BCUT2D eigenvalue weighted by Gasteiger charge is 2.11. The van der Waals surface area contributed by atoms with Gasteiger partial charge in [0.2, 0.25) is 0 Å². The zero-order valence-corrected chi connectivity index (χ0v) is 10.3. The van der Waals surface area contributed by atoms with Crippen LogP contribution in [0.15, 0.2) is 42.2 Å². The molecule has 1 unspecified atom stereocenters. The number of rotatable bonds is 3. The van der Waals surface area contributed by atoms with Crippen LogP contribution in [0, 0.1) is 0 Å². The van der Waals surface area contributed by atoms with Crippen molar-refractivity contribution in [2.75, 3.05) is 0 Å². The molecule has 4 nitrogen and oxygen atoms in total. The Morgan fingerprint density at radius 1 is 1.06 bits per heavy atom. The van der Waals surface area contributed by atoms with Crippen molar-refractivity contribution in [3.63, 3.8) is 0 Å². The van der Waals surface area contributed by atoms with E-state index in [0.29, 0.717) is 6.42 Å². The minimum absolute atomic E-state index is 0.531. The molecule has 0 amide bonds. The zero-order valence-electron chi connectivity index (χ0n) is 9.52. The van der Waals surface area contributed by atoms with Crippen LogP contribution in [0.3, 0.4) is 0 Å². The number of aliphatic hydroxyl groups is 1. The Labute approximate surface area is 108 Å². The summed E-state index contributed by atoms with van der Waals surface area (Å²) in [6, 6.07) is 5.64. The third-order valence-corrected chi connectivity index (χ3v) is 3.53. The molecule has 90 valence electrons. The van der Waals surface area contributed by atoms with E-state index in [-0.39, 0.29) is 0 Å². The number of benzene rings is 1. The molecule has 0 bridgehead atoms. The standard InChI is InChI=1S/C13H11N3OS/c17-12(8-13-16-5-6-18-13)9-1-2-10-11(7-9)15-4-3-14-10/h1-7,12,17H,8H2. The summed E-state index contributed by atoms with van der Waals surface area (Å²) in [5.41, 5.74) is 2.48. The van der Waals surface area contributed by atoms with Gasteiger partial charge in [-0.05, 0) is 17.7 Å². The predicted molar refractivity (Wildman–Crippen MR) is 70.3 cm³/mol. The Morgan fingerprint density at radius 3 is 2.67 bits per heavy atom. The summed E-state index contributed by atoms with van der Waals surface area (Å²) in [6.07, 6.45) is 5.04. The van der Waals surface area contributed by atoms with Crippen LogP contribution >= 0.6 is 11.3 Å². The second kappa shape index (κ2) is 4.80. The minimum atomic E-state index is -0.553. The summed E-state index contributed by atoms with van der Waals surface area (Å²) in [5, 5.41) is 13.0. The van der Waals surface area contributed by atoms with Crippen LogP contribution in [0.2, 0.25) is 0 Å². The number of thiazole rings is 1. The van der Waals surface area contributed by atoms with Crippen molar-refractivity contribution in [2.24, 2.45) is 0 Å². The van der Waals surface area contributed by atoms with E-state index in [9.17, 15) is 5.11 Å². The molecule has 0 aliphatic rings. The van der Waals surface area contributed by atoms with Crippen LogP contribution in [0.4, 0.5) is 0 Å². The molecule has 0 spiro atoms. The Balaban J connectivity index is 1.89. The lowest BCUT2D eigenvalue weighted by Crippen LogP contribution is -2.01. The van der Waals surface area contributed by atoms with Gasteiger partial charge in [-0.3, -0.25) is 9.97 Å². The quantitative estimate of drug-likeness (QED) is 0.782. The number of hydrogen-bond acceptors (Lipinski definition) is 5. The normalized spacial score (nSPS) is 12.7. The van der Waals surface area contributed by atoms with E-state index in [0.717, 1.165) is 21.6 Å². The molecule has 2 aromatic heterocycles. The summed E-state index contributed by atoms with van der Waals surface area (Å²) < 4.78 is 0. The number of nitrogens with zero attached hydrogens (tertiary/aromatic N) is 3. The number of fused-ring (bicyclic) bond motifs is 1. The van der Waals surface area contributed by atoms with E-state index in [4.69, 9.17) is 0 Å². The van der Waals surface area contributed by atoms with Gasteiger partial charge < -0.3 is 5.11 Å². The van der Waals surface area contributed by atoms with E-state index in [2.05, 4.69) is 15.0 Å². The van der Waals surface area contributed by atoms with Crippen molar-refractivity contribution in [3.05, 3.63) is 52.7 Å². The van der Waals surface area contributed by atoms with Crippen LogP contribution in [-0.4, -0.2) is 20.1 Å². The van der Waals surface area contributed by atoms with Gasteiger partial charge in [0.05, 0.1) is 22.1 Å². The Morgan fingerprint density at radius 2 is 1.89 bits per heavy atom. The van der Waals surface area contributed by atoms with Gasteiger partial charge >= 0.3 is 0 Å². The molecule has 0 aliphatic carbocycles. The maximum Gasteiger partial charge on any atom is 0.0954 e. The highest BCUT2D eigenvalue weighted by atomic mass is 32.1. The van der Waals surface area contributed by atoms with Crippen molar-refractivity contribution in [3.8, 4) is 0 Å². The maximum absolute atomic E-state index is 10.2. The van der Waals surface area contributed by atoms with Crippen LogP contribution in [0.5, 0.6) is 0 Å². The van der Waals surface area contributed by atoms with Gasteiger partial charge in [-0.25, -0.2) is 4.98 Å². The Hall–Kier alpha value is -1.85. The molecule has 5 heteroatoms. The summed E-state index contributed by atoms with van der Waals surface area (Å²) in [7, 11) is 0. The maximum atomic E-state index is 10.2. The lowest BCUT2D eigenvalue weighted by atomic mass is 10.1. The molecule has 0 saturated heterocycles. The Kier molecular flexibility index (Phi) is 3.00. The molecule has 1 aromatic carbocycles. The fraction of sp³-hybridized carbons (Fsp3) is 0.154. The second-order valence-electron chi connectivity index (χ2n) is 3.95. The number of hydrogen-bond donors (Lipinski definition) is 1. The number of aromatic nitrogens is 3. The molecule has 0 radical (unpaired) electrons. The van der Waals surface area contributed by atoms with Crippen LogP contribution < -0.4 is 0 Å². The fourth-order valence-electron chi connectivity index (χ4n) is 1.82. The van der Waals surface area contributed by atoms with Gasteiger partial charge in [-0.2, -0.15) is 0 Å². The first-order chi connectivity index (χ1) is 8.83. The highest BCUT2D eigenvalue weighted by molar-refractivity contribution is 7.09. The third-order valence-electron chi connectivity index (χ3n) is 2.73. The van der Waals surface area contributed by atoms with Gasteiger partial charge in [0, 0.05) is 30.4 Å². The molecule has 0 aliphatic heterocycles. The van der Waals surface area contributed by atoms with Crippen molar-refractivity contribution >= 4 is 22.4 Å². The van der Waals surface area contributed by atoms with Gasteiger partial charge in [0.1, 0.15) is 0 Å². The topological polar surface area (TPSA) is 58.9 Å². The van der Waals surface area contributed by atoms with Crippen LogP contribution in [0.1, 0.15) is 16.7 Å². The molecule has 1 atom stereocenters. The molecular formula is C13H11N3OS. The molecule has 1 N–H and O–H groups in total. The summed E-state index contributed by atoms with van der Waals surface area (Å²) in [6.45, 7) is 0. The number of aliphatic hydroxyl groups excluding tert-OH is 1. The molecule has 3 rings (SSSR count). The van der Waals surface area contributed by atoms with Crippen molar-refractivity contribution < 1.29 is 5.11 Å². The molecule has 0 saturated carbocycles. The minimum Gasteiger partial charge on any atom is -0.388 e. The van der Waals surface area contributed by atoms with Crippen molar-refractivity contribution in [1.82, 2.24) is 15.0 Å². The fourth-order valence-corrected chi connectivity index (χ4v) is 2.48. The lowest BCUT2D eigenvalue weighted by Gasteiger charge is -2.09. The van der Waals surface area contributed by atoms with Gasteiger partial charge in [-0.15, -0.1) is 11.3 Å². The van der Waals surface area contributed by atoms with E-state index >= 15 is 0 Å². The van der Waals surface area contributed by atoms with E-state index < -0.39 is 6.10 Å². The SMILES string of the molecule is OC(Cc1nccs1)c1ccc2nccnc2c1. The average molecular weight is 257 g/mol. The van der Waals surface area contributed by atoms with Gasteiger partial charge in [-0.1, -0.05) is 6.07 Å². The third kappa shape index (κ3) is 2.23. The second-order valence-corrected chi connectivity index (χ2v) is 4.93. The first-order valence-electron chi connectivity index (χ1n) is 5.60. The summed E-state index contributed by atoms with van der Waals surface area (Å²) in [4.78, 5) is 12.6. The van der Waals surface area contributed by atoms with Crippen molar-refractivity contribution in [1.29, 1.82) is 0 Å².